The Hall–Kier alpha value is -2.87. The minimum atomic E-state index is -4.45. The number of alkyl halides is 3. The molecule has 2 aromatic carbocycles. The van der Waals surface area contributed by atoms with Gasteiger partial charge in [-0.05, 0) is 42.5 Å². The van der Waals surface area contributed by atoms with Crippen LogP contribution >= 0.6 is 0 Å². The Bertz CT molecular complexity index is 1040. The maximum atomic E-state index is 12.7. The molecule has 0 aromatic heterocycles. The fourth-order valence-corrected chi connectivity index (χ4v) is 3.31. The summed E-state index contributed by atoms with van der Waals surface area (Å²) in [6, 6.07) is 9.84. The molecule has 0 atom stereocenters. The van der Waals surface area contributed by atoms with Crippen LogP contribution in [0, 0.1) is 11.8 Å². The number of rotatable bonds is 7. The Morgan fingerprint density at radius 1 is 1.13 bits per heavy atom. The zero-order valence-corrected chi connectivity index (χ0v) is 16.7. The van der Waals surface area contributed by atoms with E-state index in [1.54, 1.807) is 0 Å². The quantitative estimate of drug-likeness (QED) is 0.512. The standard InChI is InChI=1S/C20H19F3N2O4S/c1-29-13-12-25-30(27,28)18-9-7-16(8-10-18)19(26)24-11-3-5-15-4-2-6-17(14-15)20(21,22)23/h2,4,6-10,14,25H,11-13H2,1H3,(H,24,26). The van der Waals surface area contributed by atoms with E-state index < -0.39 is 27.7 Å². The smallest absolute Gasteiger partial charge is 0.383 e. The summed E-state index contributed by atoms with van der Waals surface area (Å²) in [4.78, 5) is 12.1. The molecule has 160 valence electrons. The molecule has 0 fully saturated rings. The zero-order valence-electron chi connectivity index (χ0n) is 15.9. The third kappa shape index (κ3) is 6.88. The topological polar surface area (TPSA) is 84.5 Å². The van der Waals surface area contributed by atoms with Crippen LogP contribution in [-0.2, 0) is 20.9 Å². The van der Waals surface area contributed by atoms with Gasteiger partial charge in [0, 0.05) is 24.8 Å². The van der Waals surface area contributed by atoms with Crippen molar-refractivity contribution in [1.82, 2.24) is 10.0 Å². The molecule has 0 saturated heterocycles. The van der Waals surface area contributed by atoms with Crippen molar-refractivity contribution in [2.75, 3.05) is 26.8 Å². The van der Waals surface area contributed by atoms with Crippen molar-refractivity contribution in [2.24, 2.45) is 0 Å². The second kappa shape index (κ2) is 10.2. The van der Waals surface area contributed by atoms with Crippen LogP contribution in [0.4, 0.5) is 13.2 Å². The predicted molar refractivity (Wildman–Crippen MR) is 104 cm³/mol. The van der Waals surface area contributed by atoms with Crippen LogP contribution in [0.5, 0.6) is 0 Å². The molecule has 0 aliphatic heterocycles. The molecule has 2 N–H and O–H groups in total. The zero-order chi connectivity index (χ0) is 22.2. The van der Waals surface area contributed by atoms with Gasteiger partial charge in [0.25, 0.3) is 5.91 Å². The molecule has 10 heteroatoms. The van der Waals surface area contributed by atoms with E-state index in [1.807, 2.05) is 0 Å². The molecule has 0 spiro atoms. The Kier molecular flexibility index (Phi) is 8.00. The van der Waals surface area contributed by atoms with E-state index in [0.29, 0.717) is 0 Å². The van der Waals surface area contributed by atoms with Crippen molar-refractivity contribution in [3.63, 3.8) is 0 Å². The van der Waals surface area contributed by atoms with Gasteiger partial charge in [0.15, 0.2) is 0 Å². The van der Waals surface area contributed by atoms with E-state index in [0.717, 1.165) is 12.1 Å². The Labute approximate surface area is 172 Å². The molecule has 1 amide bonds. The van der Waals surface area contributed by atoms with Crippen LogP contribution < -0.4 is 10.0 Å². The molecule has 0 saturated carbocycles. The Morgan fingerprint density at radius 2 is 1.83 bits per heavy atom. The average molecular weight is 440 g/mol. The Balaban J connectivity index is 1.94. The van der Waals surface area contributed by atoms with Gasteiger partial charge in [-0.15, -0.1) is 0 Å². The third-order valence-electron chi connectivity index (χ3n) is 3.79. The van der Waals surface area contributed by atoms with Crippen LogP contribution in [0.2, 0.25) is 0 Å². The minimum Gasteiger partial charge on any atom is -0.383 e. The molecule has 0 unspecified atom stereocenters. The molecular formula is C20H19F3N2O4S. The SMILES string of the molecule is COCCNS(=O)(=O)c1ccc(C(=O)NCC#Cc2cccc(C(F)(F)F)c2)cc1. The van der Waals surface area contributed by atoms with Crippen LogP contribution in [0.3, 0.4) is 0 Å². The highest BCUT2D eigenvalue weighted by atomic mass is 32.2. The molecule has 0 bridgehead atoms. The molecule has 0 heterocycles. The van der Waals surface area contributed by atoms with Gasteiger partial charge >= 0.3 is 6.18 Å². The molecule has 2 aromatic rings. The number of nitrogens with one attached hydrogen (secondary N) is 2. The fraction of sp³-hybridized carbons (Fsp3) is 0.250. The van der Waals surface area contributed by atoms with Gasteiger partial charge in [-0.3, -0.25) is 4.79 Å². The summed E-state index contributed by atoms with van der Waals surface area (Å²) in [6.07, 6.45) is -4.45. The lowest BCUT2D eigenvalue weighted by Crippen LogP contribution is -2.27. The number of carbonyl (C=O) groups excluding carboxylic acids is 1. The number of methoxy groups -OCH3 is 1. The molecule has 6 nitrogen and oxygen atoms in total. The van der Waals surface area contributed by atoms with E-state index in [9.17, 15) is 26.4 Å². The van der Waals surface area contributed by atoms with Gasteiger partial charge in [-0.25, -0.2) is 13.1 Å². The first-order chi connectivity index (χ1) is 14.1. The van der Waals surface area contributed by atoms with Gasteiger partial charge < -0.3 is 10.1 Å². The number of ether oxygens (including phenoxy) is 1. The average Bonchev–Trinajstić information content (AvgIpc) is 2.71. The van der Waals surface area contributed by atoms with Crippen molar-refractivity contribution < 1.29 is 31.1 Å². The second-order valence-electron chi connectivity index (χ2n) is 5.98. The van der Waals surface area contributed by atoms with Crippen LogP contribution in [-0.4, -0.2) is 41.1 Å². The summed E-state index contributed by atoms with van der Waals surface area (Å²) in [5.74, 6) is 4.64. The summed E-state index contributed by atoms with van der Waals surface area (Å²) in [7, 11) is -2.25. The monoisotopic (exact) mass is 440 g/mol. The number of amides is 1. The van der Waals surface area contributed by atoms with Gasteiger partial charge in [0.05, 0.1) is 23.6 Å². The first kappa shape index (κ1) is 23.4. The van der Waals surface area contributed by atoms with Gasteiger partial charge in [0.1, 0.15) is 0 Å². The highest BCUT2D eigenvalue weighted by Crippen LogP contribution is 2.29. The van der Waals surface area contributed by atoms with E-state index in [-0.39, 0.29) is 35.7 Å². The molecule has 30 heavy (non-hydrogen) atoms. The van der Waals surface area contributed by atoms with Crippen molar-refractivity contribution in [3.8, 4) is 11.8 Å². The molecule has 0 radical (unpaired) electrons. The highest BCUT2D eigenvalue weighted by Gasteiger charge is 2.30. The largest absolute Gasteiger partial charge is 0.416 e. The maximum absolute atomic E-state index is 12.7. The highest BCUT2D eigenvalue weighted by molar-refractivity contribution is 7.89. The second-order valence-corrected chi connectivity index (χ2v) is 7.74. The Morgan fingerprint density at radius 3 is 2.47 bits per heavy atom. The maximum Gasteiger partial charge on any atom is 0.416 e. The van der Waals surface area contributed by atoms with Crippen LogP contribution in [0.1, 0.15) is 21.5 Å². The lowest BCUT2D eigenvalue weighted by Gasteiger charge is -2.07. The number of halogens is 3. The summed E-state index contributed by atoms with van der Waals surface area (Å²) >= 11 is 0. The molecule has 2 rings (SSSR count). The fourth-order valence-electron chi connectivity index (χ4n) is 2.29. The number of hydrogen-bond donors (Lipinski definition) is 2. The van der Waals surface area contributed by atoms with Gasteiger partial charge in [-0.1, -0.05) is 17.9 Å². The van der Waals surface area contributed by atoms with Crippen molar-refractivity contribution in [2.45, 2.75) is 11.1 Å². The molecule has 0 aliphatic carbocycles. The third-order valence-corrected chi connectivity index (χ3v) is 5.26. The van der Waals surface area contributed by atoms with Crippen LogP contribution in [0.25, 0.3) is 0 Å². The number of carbonyl (C=O) groups is 1. The van der Waals surface area contributed by atoms with E-state index in [1.165, 1.54) is 43.5 Å². The van der Waals surface area contributed by atoms with E-state index >= 15 is 0 Å². The summed E-state index contributed by atoms with van der Waals surface area (Å²) in [5.41, 5.74) is -0.411. The molecule has 0 aliphatic rings. The van der Waals surface area contributed by atoms with Gasteiger partial charge in [0.2, 0.25) is 10.0 Å². The van der Waals surface area contributed by atoms with Crippen molar-refractivity contribution in [1.29, 1.82) is 0 Å². The number of sulfonamides is 1. The van der Waals surface area contributed by atoms with E-state index in [4.69, 9.17) is 4.74 Å². The summed E-state index contributed by atoms with van der Waals surface area (Å²) in [5, 5.41) is 2.50. The minimum absolute atomic E-state index is 0.000471. The first-order valence-corrected chi connectivity index (χ1v) is 10.1. The lowest BCUT2D eigenvalue weighted by molar-refractivity contribution is -0.137. The predicted octanol–water partition coefficient (Wildman–Crippen LogP) is 2.41. The van der Waals surface area contributed by atoms with E-state index in [2.05, 4.69) is 21.9 Å². The van der Waals surface area contributed by atoms with Crippen molar-refractivity contribution >= 4 is 15.9 Å². The number of benzene rings is 2. The van der Waals surface area contributed by atoms with Crippen molar-refractivity contribution in [3.05, 3.63) is 65.2 Å². The summed E-state index contributed by atoms with van der Waals surface area (Å²) in [6.45, 7) is 0.251. The lowest BCUT2D eigenvalue weighted by atomic mass is 10.1. The first-order valence-electron chi connectivity index (χ1n) is 8.66. The summed E-state index contributed by atoms with van der Waals surface area (Å²) < 4.78 is 69.3. The van der Waals surface area contributed by atoms with Crippen LogP contribution in [0.15, 0.2) is 53.4 Å². The number of hydrogen-bond acceptors (Lipinski definition) is 4. The molecular weight excluding hydrogens is 421 g/mol. The van der Waals surface area contributed by atoms with Gasteiger partial charge in [-0.2, -0.15) is 13.2 Å². The normalized spacial score (nSPS) is 11.5.